The lowest BCUT2D eigenvalue weighted by Crippen LogP contribution is -2.21. The third-order valence-corrected chi connectivity index (χ3v) is 4.42. The minimum atomic E-state index is -1.82. The Balaban J connectivity index is 0.000000438. The standard InChI is InChI=1S/C20H23NO2.C2H2O4/c22-20(17-7-2-1-3-8-17)18-9-11-19(12-10-18)23-16-6-15-21-13-4-5-14-21;3-1(4)2(5)6/h1-3,7-12H,4-6,13-16H2;(H,3,4)(H,5,6). The van der Waals surface area contributed by atoms with Crippen molar-refractivity contribution in [2.75, 3.05) is 26.2 Å². The highest BCUT2D eigenvalue weighted by Crippen LogP contribution is 2.16. The lowest BCUT2D eigenvalue weighted by Gasteiger charge is -2.14. The van der Waals surface area contributed by atoms with Crippen molar-refractivity contribution >= 4 is 17.7 Å². The molecule has 0 saturated carbocycles. The van der Waals surface area contributed by atoms with Crippen molar-refractivity contribution in [1.29, 1.82) is 0 Å². The van der Waals surface area contributed by atoms with Gasteiger partial charge in [0.1, 0.15) is 5.75 Å². The summed E-state index contributed by atoms with van der Waals surface area (Å²) < 4.78 is 5.77. The number of aliphatic carboxylic acids is 2. The molecule has 0 atom stereocenters. The molecule has 154 valence electrons. The number of carbonyl (C=O) groups is 3. The van der Waals surface area contributed by atoms with Gasteiger partial charge in [0.15, 0.2) is 5.78 Å². The maximum absolute atomic E-state index is 12.3. The maximum Gasteiger partial charge on any atom is 0.414 e. The van der Waals surface area contributed by atoms with Crippen molar-refractivity contribution in [2.45, 2.75) is 19.3 Å². The highest BCUT2D eigenvalue weighted by Gasteiger charge is 2.11. The largest absolute Gasteiger partial charge is 0.494 e. The van der Waals surface area contributed by atoms with Gasteiger partial charge >= 0.3 is 11.9 Å². The Hall–Kier alpha value is -3.19. The van der Waals surface area contributed by atoms with Crippen LogP contribution in [0.5, 0.6) is 5.75 Å². The summed E-state index contributed by atoms with van der Waals surface area (Å²) in [6, 6.07) is 16.8. The van der Waals surface area contributed by atoms with Crippen LogP contribution in [0.25, 0.3) is 0 Å². The topological polar surface area (TPSA) is 104 Å². The summed E-state index contributed by atoms with van der Waals surface area (Å²) in [5.74, 6) is -2.77. The first-order valence-corrected chi connectivity index (χ1v) is 9.48. The highest BCUT2D eigenvalue weighted by atomic mass is 16.5. The minimum Gasteiger partial charge on any atom is -0.494 e. The number of rotatable bonds is 7. The van der Waals surface area contributed by atoms with Gasteiger partial charge in [-0.25, -0.2) is 9.59 Å². The second-order valence-corrected chi connectivity index (χ2v) is 6.58. The zero-order valence-corrected chi connectivity index (χ0v) is 16.1. The fourth-order valence-corrected chi connectivity index (χ4v) is 2.94. The van der Waals surface area contributed by atoms with E-state index in [2.05, 4.69) is 4.90 Å². The van der Waals surface area contributed by atoms with Gasteiger partial charge in [-0.2, -0.15) is 0 Å². The van der Waals surface area contributed by atoms with Gasteiger partial charge in [0, 0.05) is 17.7 Å². The van der Waals surface area contributed by atoms with E-state index in [1.54, 1.807) is 0 Å². The molecule has 0 amide bonds. The maximum atomic E-state index is 12.3. The van der Waals surface area contributed by atoms with Gasteiger partial charge in [0.25, 0.3) is 0 Å². The number of hydrogen-bond acceptors (Lipinski definition) is 5. The lowest BCUT2D eigenvalue weighted by molar-refractivity contribution is -0.159. The molecule has 1 aliphatic heterocycles. The zero-order valence-electron chi connectivity index (χ0n) is 16.1. The van der Waals surface area contributed by atoms with Crippen LogP contribution in [0.1, 0.15) is 35.2 Å². The molecule has 0 aliphatic carbocycles. The molecule has 0 unspecified atom stereocenters. The SMILES string of the molecule is O=C(O)C(=O)O.O=C(c1ccccc1)c1ccc(OCCCN2CCCC2)cc1. The molecule has 29 heavy (non-hydrogen) atoms. The van der Waals surface area contributed by atoms with Crippen molar-refractivity contribution in [3.63, 3.8) is 0 Å². The lowest BCUT2D eigenvalue weighted by atomic mass is 10.0. The Morgan fingerprint density at radius 2 is 1.38 bits per heavy atom. The molecule has 3 rings (SSSR count). The number of carboxylic acid groups (broad SMARTS) is 2. The molecule has 2 N–H and O–H groups in total. The Kier molecular flexibility index (Phi) is 8.85. The van der Waals surface area contributed by atoms with Crippen molar-refractivity contribution in [3.05, 3.63) is 65.7 Å². The van der Waals surface area contributed by atoms with Crippen LogP contribution in [0, 0.1) is 0 Å². The fraction of sp³-hybridized carbons (Fsp3) is 0.318. The number of likely N-dealkylation sites (tertiary alicyclic amines) is 1. The molecule has 7 nitrogen and oxygen atoms in total. The van der Waals surface area contributed by atoms with Gasteiger partial charge in [0.2, 0.25) is 0 Å². The average Bonchev–Trinajstić information content (AvgIpc) is 3.26. The third-order valence-electron chi connectivity index (χ3n) is 4.42. The van der Waals surface area contributed by atoms with E-state index < -0.39 is 11.9 Å². The second-order valence-electron chi connectivity index (χ2n) is 6.58. The van der Waals surface area contributed by atoms with E-state index in [0.29, 0.717) is 11.1 Å². The number of carboxylic acids is 2. The summed E-state index contributed by atoms with van der Waals surface area (Å²) in [6.07, 6.45) is 3.71. The van der Waals surface area contributed by atoms with Gasteiger partial charge in [-0.1, -0.05) is 30.3 Å². The van der Waals surface area contributed by atoms with Gasteiger partial charge in [0.05, 0.1) is 6.61 Å². The molecule has 1 saturated heterocycles. The van der Waals surface area contributed by atoms with E-state index in [1.165, 1.54) is 25.9 Å². The predicted octanol–water partition coefficient (Wildman–Crippen LogP) is 2.94. The number of benzene rings is 2. The van der Waals surface area contributed by atoms with Crippen LogP contribution >= 0.6 is 0 Å². The summed E-state index contributed by atoms with van der Waals surface area (Å²) in [5, 5.41) is 14.8. The minimum absolute atomic E-state index is 0.0474. The zero-order chi connectivity index (χ0) is 21.1. The van der Waals surface area contributed by atoms with Gasteiger partial charge in [-0.3, -0.25) is 4.79 Å². The first kappa shape index (κ1) is 22.1. The smallest absolute Gasteiger partial charge is 0.414 e. The van der Waals surface area contributed by atoms with Crippen LogP contribution in [-0.4, -0.2) is 59.1 Å². The molecular weight excluding hydrogens is 374 g/mol. The number of carbonyl (C=O) groups excluding carboxylic acids is 1. The second kappa shape index (κ2) is 11.6. The molecule has 7 heteroatoms. The monoisotopic (exact) mass is 399 g/mol. The van der Waals surface area contributed by atoms with Crippen LogP contribution in [0.3, 0.4) is 0 Å². The summed E-state index contributed by atoms with van der Waals surface area (Å²) in [5.41, 5.74) is 1.41. The number of ketones is 1. The van der Waals surface area contributed by atoms with Crippen LogP contribution in [0.2, 0.25) is 0 Å². The van der Waals surface area contributed by atoms with Crippen molar-refractivity contribution in [1.82, 2.24) is 4.90 Å². The highest BCUT2D eigenvalue weighted by molar-refractivity contribution is 6.27. The molecule has 0 bridgehead atoms. The Morgan fingerprint density at radius 1 is 0.828 bits per heavy atom. The quantitative estimate of drug-likeness (QED) is 0.419. The van der Waals surface area contributed by atoms with Crippen molar-refractivity contribution in [3.8, 4) is 5.75 Å². The van der Waals surface area contributed by atoms with Crippen molar-refractivity contribution < 1.29 is 29.3 Å². The van der Waals surface area contributed by atoms with E-state index in [9.17, 15) is 4.79 Å². The van der Waals surface area contributed by atoms with Gasteiger partial charge in [-0.05, 0) is 56.6 Å². The molecule has 0 aromatic heterocycles. The van der Waals surface area contributed by atoms with E-state index in [4.69, 9.17) is 24.5 Å². The Labute approximate surface area is 169 Å². The Morgan fingerprint density at radius 3 is 1.93 bits per heavy atom. The number of nitrogens with zero attached hydrogens (tertiary/aromatic N) is 1. The molecule has 1 fully saturated rings. The number of ether oxygens (including phenoxy) is 1. The normalized spacial score (nSPS) is 13.2. The fourth-order valence-electron chi connectivity index (χ4n) is 2.94. The Bertz CT molecular complexity index is 786. The first-order chi connectivity index (χ1) is 14.0. The van der Waals surface area contributed by atoms with E-state index in [0.717, 1.165) is 25.3 Å². The average molecular weight is 399 g/mol. The molecule has 1 aliphatic rings. The molecule has 2 aromatic carbocycles. The molecular formula is C22H25NO6. The number of hydrogen-bond donors (Lipinski definition) is 2. The molecule has 1 heterocycles. The van der Waals surface area contributed by atoms with E-state index in [1.807, 2.05) is 54.6 Å². The summed E-state index contributed by atoms with van der Waals surface area (Å²) in [6.45, 7) is 4.31. The molecule has 2 aromatic rings. The first-order valence-electron chi connectivity index (χ1n) is 9.48. The van der Waals surface area contributed by atoms with Crippen molar-refractivity contribution in [2.24, 2.45) is 0 Å². The van der Waals surface area contributed by atoms with Crippen LogP contribution in [0.4, 0.5) is 0 Å². The van der Waals surface area contributed by atoms with Crippen LogP contribution < -0.4 is 4.74 Å². The molecule has 0 spiro atoms. The van der Waals surface area contributed by atoms with Gasteiger partial charge < -0.3 is 19.8 Å². The van der Waals surface area contributed by atoms with Gasteiger partial charge in [-0.15, -0.1) is 0 Å². The van der Waals surface area contributed by atoms with Crippen LogP contribution in [-0.2, 0) is 9.59 Å². The summed E-state index contributed by atoms with van der Waals surface area (Å²) in [4.78, 5) is 33.0. The van der Waals surface area contributed by atoms with E-state index in [-0.39, 0.29) is 5.78 Å². The predicted molar refractivity (Wildman–Crippen MR) is 107 cm³/mol. The summed E-state index contributed by atoms with van der Waals surface area (Å²) >= 11 is 0. The van der Waals surface area contributed by atoms with E-state index >= 15 is 0 Å². The summed E-state index contributed by atoms with van der Waals surface area (Å²) in [7, 11) is 0. The molecule has 0 radical (unpaired) electrons. The third kappa shape index (κ3) is 7.75. The van der Waals surface area contributed by atoms with Crippen LogP contribution in [0.15, 0.2) is 54.6 Å².